The predicted octanol–water partition coefficient (Wildman–Crippen LogP) is 3.42. The fraction of sp³-hybridized carbons (Fsp3) is 0.278. The van der Waals surface area contributed by atoms with Crippen molar-refractivity contribution in [2.45, 2.75) is 25.7 Å². The Kier molecular flexibility index (Phi) is 5.79. The number of aryl methyl sites for hydroxylation is 1. The minimum Gasteiger partial charge on any atom is -0.339 e. The van der Waals surface area contributed by atoms with E-state index in [4.69, 9.17) is 0 Å². The number of halogens is 1. The molecule has 134 valence electrons. The molecular weight excluding hydrogens is 343 g/mol. The maximum absolute atomic E-state index is 13.7. The summed E-state index contributed by atoms with van der Waals surface area (Å²) in [5, 5.41) is 0. The number of carbonyl (C=O) groups is 1. The number of sulfonamides is 1. The van der Waals surface area contributed by atoms with Crippen molar-refractivity contribution in [2.75, 3.05) is 17.8 Å². The molecule has 0 aromatic heterocycles. The van der Waals surface area contributed by atoms with E-state index in [-0.39, 0.29) is 16.5 Å². The van der Waals surface area contributed by atoms with Gasteiger partial charge in [0.25, 0.3) is 15.9 Å². The van der Waals surface area contributed by atoms with Gasteiger partial charge in [0.15, 0.2) is 0 Å². The van der Waals surface area contributed by atoms with Gasteiger partial charge in [0.1, 0.15) is 5.82 Å². The van der Waals surface area contributed by atoms with Gasteiger partial charge in [-0.15, -0.1) is 0 Å². The van der Waals surface area contributed by atoms with Gasteiger partial charge in [-0.05, 0) is 50.6 Å². The summed E-state index contributed by atoms with van der Waals surface area (Å²) in [7, 11) is -4.01. The number of hydrogen-bond donors (Lipinski definition) is 1. The van der Waals surface area contributed by atoms with Crippen LogP contribution in [0.15, 0.2) is 47.4 Å². The third-order valence-corrected chi connectivity index (χ3v) is 5.28. The van der Waals surface area contributed by atoms with Crippen molar-refractivity contribution in [1.29, 1.82) is 0 Å². The molecule has 1 N–H and O–H groups in total. The molecule has 0 fully saturated rings. The standard InChI is InChI=1S/C18H21FN2O3S/c1-4-21(5-2)18(22)15-12-14(11-10-13(15)3)25(23,24)20-17-9-7-6-8-16(17)19/h6-12,20H,4-5H2,1-3H3. The Bertz CT molecular complexity index is 878. The molecule has 0 spiro atoms. The van der Waals surface area contributed by atoms with E-state index in [0.29, 0.717) is 24.2 Å². The lowest BCUT2D eigenvalue weighted by Crippen LogP contribution is -2.31. The summed E-state index contributed by atoms with van der Waals surface area (Å²) in [6, 6.07) is 9.82. The molecule has 0 aliphatic carbocycles. The van der Waals surface area contributed by atoms with Crippen LogP contribution in [0.25, 0.3) is 0 Å². The van der Waals surface area contributed by atoms with Crippen LogP contribution in [0.4, 0.5) is 10.1 Å². The van der Waals surface area contributed by atoms with Gasteiger partial charge in [-0.25, -0.2) is 12.8 Å². The summed E-state index contributed by atoms with van der Waals surface area (Å²) in [6.45, 7) is 6.52. The van der Waals surface area contributed by atoms with E-state index >= 15 is 0 Å². The Morgan fingerprint density at radius 3 is 2.36 bits per heavy atom. The van der Waals surface area contributed by atoms with Crippen molar-refractivity contribution in [3.8, 4) is 0 Å². The van der Waals surface area contributed by atoms with E-state index in [2.05, 4.69) is 4.72 Å². The van der Waals surface area contributed by atoms with Crippen LogP contribution in [0.1, 0.15) is 29.8 Å². The van der Waals surface area contributed by atoms with E-state index in [9.17, 15) is 17.6 Å². The first-order valence-corrected chi connectivity index (χ1v) is 9.45. The molecule has 1 amide bonds. The predicted molar refractivity (Wildman–Crippen MR) is 95.6 cm³/mol. The van der Waals surface area contributed by atoms with Crippen LogP contribution in [0.3, 0.4) is 0 Å². The molecule has 0 unspecified atom stereocenters. The first-order valence-electron chi connectivity index (χ1n) is 7.97. The number of amides is 1. The molecule has 5 nitrogen and oxygen atoms in total. The van der Waals surface area contributed by atoms with Gasteiger partial charge in [-0.1, -0.05) is 18.2 Å². The molecule has 0 aliphatic heterocycles. The lowest BCUT2D eigenvalue weighted by atomic mass is 10.1. The summed E-state index contributed by atoms with van der Waals surface area (Å²) < 4.78 is 41.0. The van der Waals surface area contributed by atoms with Gasteiger partial charge in [0.05, 0.1) is 10.6 Å². The Hall–Kier alpha value is -2.41. The fourth-order valence-corrected chi connectivity index (χ4v) is 3.52. The van der Waals surface area contributed by atoms with Gasteiger partial charge < -0.3 is 4.90 Å². The third-order valence-electron chi connectivity index (χ3n) is 3.92. The van der Waals surface area contributed by atoms with Crippen molar-refractivity contribution in [3.63, 3.8) is 0 Å². The van der Waals surface area contributed by atoms with E-state index in [1.165, 1.54) is 36.4 Å². The van der Waals surface area contributed by atoms with E-state index in [0.717, 1.165) is 0 Å². The number of rotatable bonds is 6. The molecule has 25 heavy (non-hydrogen) atoms. The SMILES string of the molecule is CCN(CC)C(=O)c1cc(S(=O)(=O)Nc2ccccc2F)ccc1C. The summed E-state index contributed by atoms with van der Waals surface area (Å²) in [6.07, 6.45) is 0. The second-order valence-corrected chi connectivity index (χ2v) is 7.22. The van der Waals surface area contributed by atoms with Gasteiger partial charge in [-0.2, -0.15) is 0 Å². The number of para-hydroxylation sites is 1. The van der Waals surface area contributed by atoms with Gasteiger partial charge >= 0.3 is 0 Å². The van der Waals surface area contributed by atoms with E-state index < -0.39 is 15.8 Å². The fourth-order valence-electron chi connectivity index (χ4n) is 2.43. The Morgan fingerprint density at radius 1 is 1.12 bits per heavy atom. The van der Waals surface area contributed by atoms with Gasteiger partial charge in [0, 0.05) is 18.7 Å². The maximum Gasteiger partial charge on any atom is 0.262 e. The summed E-state index contributed by atoms with van der Waals surface area (Å²) in [5.41, 5.74) is 0.863. The minimum absolute atomic E-state index is 0.0862. The number of benzene rings is 2. The van der Waals surface area contributed by atoms with E-state index in [1.54, 1.807) is 17.9 Å². The lowest BCUT2D eigenvalue weighted by Gasteiger charge is -2.20. The van der Waals surface area contributed by atoms with Crippen molar-refractivity contribution in [3.05, 3.63) is 59.4 Å². The number of carbonyl (C=O) groups excluding carboxylic acids is 1. The Labute approximate surface area is 147 Å². The Balaban J connectivity index is 2.41. The van der Waals surface area contributed by atoms with Crippen LogP contribution in [-0.4, -0.2) is 32.3 Å². The monoisotopic (exact) mass is 364 g/mol. The van der Waals surface area contributed by atoms with Crippen LogP contribution in [0.5, 0.6) is 0 Å². The first-order chi connectivity index (χ1) is 11.8. The second kappa shape index (κ2) is 7.65. The average Bonchev–Trinajstić information content (AvgIpc) is 2.58. The summed E-state index contributed by atoms with van der Waals surface area (Å²) in [4.78, 5) is 14.1. The van der Waals surface area contributed by atoms with Crippen molar-refractivity contribution >= 4 is 21.6 Å². The van der Waals surface area contributed by atoms with Crippen LogP contribution in [0.2, 0.25) is 0 Å². The Morgan fingerprint density at radius 2 is 1.76 bits per heavy atom. The van der Waals surface area contributed by atoms with Gasteiger partial charge in [-0.3, -0.25) is 9.52 Å². The average molecular weight is 364 g/mol. The second-order valence-electron chi connectivity index (χ2n) is 5.54. The quantitative estimate of drug-likeness (QED) is 0.854. The molecule has 0 saturated carbocycles. The molecular formula is C18H21FN2O3S. The highest BCUT2D eigenvalue weighted by atomic mass is 32.2. The molecule has 0 aliphatic rings. The highest BCUT2D eigenvalue weighted by Crippen LogP contribution is 2.22. The molecule has 2 rings (SSSR count). The molecule has 0 atom stereocenters. The zero-order valence-corrected chi connectivity index (χ0v) is 15.2. The van der Waals surface area contributed by atoms with Crippen molar-refractivity contribution in [1.82, 2.24) is 4.90 Å². The van der Waals surface area contributed by atoms with E-state index in [1.807, 2.05) is 13.8 Å². The van der Waals surface area contributed by atoms with Crippen molar-refractivity contribution < 1.29 is 17.6 Å². The highest BCUT2D eigenvalue weighted by Gasteiger charge is 2.21. The van der Waals surface area contributed by atoms with Crippen LogP contribution in [-0.2, 0) is 10.0 Å². The molecule has 0 radical (unpaired) electrons. The normalized spacial score (nSPS) is 11.2. The zero-order valence-electron chi connectivity index (χ0n) is 14.4. The highest BCUT2D eigenvalue weighted by molar-refractivity contribution is 7.92. The molecule has 0 bridgehead atoms. The third kappa shape index (κ3) is 4.17. The van der Waals surface area contributed by atoms with Crippen LogP contribution in [0, 0.1) is 12.7 Å². The van der Waals surface area contributed by atoms with Crippen LogP contribution < -0.4 is 4.72 Å². The largest absolute Gasteiger partial charge is 0.339 e. The molecule has 2 aromatic rings. The number of nitrogens with zero attached hydrogens (tertiary/aromatic N) is 1. The number of nitrogens with one attached hydrogen (secondary N) is 1. The molecule has 0 saturated heterocycles. The molecule has 0 heterocycles. The maximum atomic E-state index is 13.7. The van der Waals surface area contributed by atoms with Crippen LogP contribution >= 0.6 is 0 Å². The molecule has 7 heteroatoms. The summed E-state index contributed by atoms with van der Waals surface area (Å²) >= 11 is 0. The topological polar surface area (TPSA) is 66.5 Å². The smallest absolute Gasteiger partial charge is 0.262 e. The molecule has 2 aromatic carbocycles. The van der Waals surface area contributed by atoms with Crippen molar-refractivity contribution in [2.24, 2.45) is 0 Å². The minimum atomic E-state index is -4.01. The zero-order chi connectivity index (χ0) is 18.6. The lowest BCUT2D eigenvalue weighted by molar-refractivity contribution is 0.0772. The number of hydrogen-bond acceptors (Lipinski definition) is 3. The number of anilines is 1. The first kappa shape index (κ1) is 18.9. The summed E-state index contributed by atoms with van der Waals surface area (Å²) in [5.74, 6) is -0.900. The van der Waals surface area contributed by atoms with Gasteiger partial charge in [0.2, 0.25) is 0 Å².